The van der Waals surface area contributed by atoms with Gasteiger partial charge in [-0.25, -0.2) is 4.98 Å². The second-order valence-corrected chi connectivity index (χ2v) is 5.26. The lowest BCUT2D eigenvalue weighted by molar-refractivity contribution is -0.145. The third kappa shape index (κ3) is 3.22. The van der Waals surface area contributed by atoms with Crippen molar-refractivity contribution >= 4 is 10.9 Å². The summed E-state index contributed by atoms with van der Waals surface area (Å²) in [5, 5.41) is 0.569. The van der Waals surface area contributed by atoms with Crippen molar-refractivity contribution in [2.24, 2.45) is 0 Å². The highest BCUT2D eigenvalue weighted by atomic mass is 16.7. The topological polar surface area (TPSA) is 64.2 Å². The second kappa shape index (κ2) is 7.38. The smallest absolute Gasteiger partial charge is 0.259 e. The molecule has 5 nitrogen and oxygen atoms in total. The van der Waals surface area contributed by atoms with Gasteiger partial charge >= 0.3 is 0 Å². The Bertz CT molecular complexity index is 869. The molecule has 0 saturated carbocycles. The van der Waals surface area contributed by atoms with Gasteiger partial charge < -0.3 is 14.5 Å². The van der Waals surface area contributed by atoms with Crippen molar-refractivity contribution in [1.82, 2.24) is 9.97 Å². The number of benzene rings is 2. The molecule has 0 atom stereocenters. The van der Waals surface area contributed by atoms with Crippen LogP contribution in [0.4, 0.5) is 0 Å². The van der Waals surface area contributed by atoms with Crippen molar-refractivity contribution in [3.8, 4) is 11.1 Å². The molecule has 3 aromatic rings. The molecular formula is C19H20N2O3. The van der Waals surface area contributed by atoms with Crippen molar-refractivity contribution < 1.29 is 9.47 Å². The highest BCUT2D eigenvalue weighted by molar-refractivity contribution is 5.93. The number of fused-ring (bicyclic) bond motifs is 1. The van der Waals surface area contributed by atoms with Gasteiger partial charge in [0.15, 0.2) is 5.82 Å². The molecule has 0 radical (unpaired) electrons. The number of aromatic nitrogens is 2. The third-order valence-corrected chi connectivity index (χ3v) is 3.70. The summed E-state index contributed by atoms with van der Waals surface area (Å²) in [6.07, 6.45) is -0.669. The molecule has 1 aromatic heterocycles. The average molecular weight is 324 g/mol. The molecule has 0 amide bonds. The number of nitrogens with zero attached hydrogens (tertiary/aromatic N) is 1. The first-order valence-corrected chi connectivity index (χ1v) is 8.06. The largest absolute Gasteiger partial charge is 0.346 e. The molecular weight excluding hydrogens is 304 g/mol. The maximum Gasteiger partial charge on any atom is 0.259 e. The van der Waals surface area contributed by atoms with E-state index in [1.807, 2.05) is 62.4 Å². The predicted octanol–water partition coefficient (Wildman–Crippen LogP) is 3.66. The maximum absolute atomic E-state index is 12.7. The van der Waals surface area contributed by atoms with Crippen LogP contribution < -0.4 is 5.56 Å². The Morgan fingerprint density at radius 3 is 2.38 bits per heavy atom. The molecule has 0 aliphatic carbocycles. The van der Waals surface area contributed by atoms with Crippen LogP contribution in [0.3, 0.4) is 0 Å². The van der Waals surface area contributed by atoms with Crippen LogP contribution >= 0.6 is 0 Å². The van der Waals surface area contributed by atoms with Crippen LogP contribution in [-0.4, -0.2) is 23.2 Å². The van der Waals surface area contributed by atoms with Gasteiger partial charge in [0, 0.05) is 13.2 Å². The van der Waals surface area contributed by atoms with E-state index in [9.17, 15) is 4.79 Å². The van der Waals surface area contributed by atoms with Crippen molar-refractivity contribution in [2.75, 3.05) is 13.2 Å². The molecule has 1 N–H and O–H groups in total. The molecule has 0 aliphatic rings. The zero-order valence-electron chi connectivity index (χ0n) is 13.8. The summed E-state index contributed by atoms with van der Waals surface area (Å²) in [5.41, 5.74) is 2.27. The van der Waals surface area contributed by atoms with E-state index < -0.39 is 6.29 Å². The van der Waals surface area contributed by atoms with Crippen LogP contribution in [0.15, 0.2) is 53.3 Å². The Kier molecular flexibility index (Phi) is 5.03. The van der Waals surface area contributed by atoms with Crippen LogP contribution in [0.2, 0.25) is 0 Å². The van der Waals surface area contributed by atoms with Gasteiger partial charge in [0.2, 0.25) is 6.29 Å². The Morgan fingerprint density at radius 2 is 1.71 bits per heavy atom. The molecule has 0 bridgehead atoms. The number of rotatable bonds is 6. The van der Waals surface area contributed by atoms with E-state index in [0.717, 1.165) is 11.1 Å². The summed E-state index contributed by atoms with van der Waals surface area (Å²) in [5.74, 6) is 0.390. The highest BCUT2D eigenvalue weighted by Crippen LogP contribution is 2.26. The fraction of sp³-hybridized carbons (Fsp3) is 0.263. The van der Waals surface area contributed by atoms with E-state index in [4.69, 9.17) is 9.47 Å². The molecule has 3 rings (SSSR count). The third-order valence-electron chi connectivity index (χ3n) is 3.70. The van der Waals surface area contributed by atoms with Crippen molar-refractivity contribution in [1.29, 1.82) is 0 Å². The Hall–Kier alpha value is -2.50. The fourth-order valence-electron chi connectivity index (χ4n) is 2.69. The van der Waals surface area contributed by atoms with Gasteiger partial charge in [-0.2, -0.15) is 0 Å². The molecule has 0 saturated heterocycles. The second-order valence-electron chi connectivity index (χ2n) is 5.26. The molecule has 2 aromatic carbocycles. The molecule has 0 unspecified atom stereocenters. The van der Waals surface area contributed by atoms with Gasteiger partial charge in [0.25, 0.3) is 5.56 Å². The number of ether oxygens (including phenoxy) is 2. The zero-order chi connectivity index (χ0) is 16.9. The fourth-order valence-corrected chi connectivity index (χ4v) is 2.69. The number of H-pyrrole nitrogens is 1. The standard InChI is InChI=1S/C19H20N2O3/c1-3-23-19(24-4-2)17-20-15-12-8-11-14(16(15)18(22)21-17)13-9-6-5-7-10-13/h5-12,19H,3-4H2,1-2H3,(H,20,21,22). The first-order valence-electron chi connectivity index (χ1n) is 8.06. The van der Waals surface area contributed by atoms with E-state index in [1.165, 1.54) is 0 Å². The van der Waals surface area contributed by atoms with Gasteiger partial charge in [-0.15, -0.1) is 0 Å². The summed E-state index contributed by atoms with van der Waals surface area (Å²) in [6.45, 7) is 4.68. The van der Waals surface area contributed by atoms with E-state index in [2.05, 4.69) is 9.97 Å². The average Bonchev–Trinajstić information content (AvgIpc) is 2.61. The Labute approximate surface area is 140 Å². The van der Waals surface area contributed by atoms with Crippen LogP contribution in [-0.2, 0) is 9.47 Å². The lowest BCUT2D eigenvalue weighted by Gasteiger charge is -2.16. The minimum absolute atomic E-state index is 0.196. The van der Waals surface area contributed by atoms with Crippen LogP contribution in [0.5, 0.6) is 0 Å². The lowest BCUT2D eigenvalue weighted by Crippen LogP contribution is -2.19. The van der Waals surface area contributed by atoms with Gasteiger partial charge in [-0.1, -0.05) is 42.5 Å². The Balaban J connectivity index is 2.15. The molecule has 5 heteroatoms. The van der Waals surface area contributed by atoms with Gasteiger partial charge in [0.1, 0.15) is 0 Å². The van der Waals surface area contributed by atoms with E-state index in [0.29, 0.717) is 29.9 Å². The molecule has 24 heavy (non-hydrogen) atoms. The number of hydrogen-bond donors (Lipinski definition) is 1. The SMILES string of the molecule is CCOC(OCC)c1nc2cccc(-c3ccccc3)c2c(=O)[nH]1. The summed E-state index contributed by atoms with van der Waals surface area (Å²) in [4.78, 5) is 20.1. The van der Waals surface area contributed by atoms with Gasteiger partial charge in [0.05, 0.1) is 10.9 Å². The van der Waals surface area contributed by atoms with E-state index in [-0.39, 0.29) is 5.56 Å². The van der Waals surface area contributed by atoms with Gasteiger partial charge in [-0.3, -0.25) is 4.79 Å². The minimum atomic E-state index is -0.669. The summed E-state index contributed by atoms with van der Waals surface area (Å²) in [6, 6.07) is 15.5. The van der Waals surface area contributed by atoms with Crippen molar-refractivity contribution in [3.63, 3.8) is 0 Å². The molecule has 0 fully saturated rings. The summed E-state index contributed by atoms with van der Waals surface area (Å²) in [7, 11) is 0. The Morgan fingerprint density at radius 1 is 1.00 bits per heavy atom. The zero-order valence-corrected chi connectivity index (χ0v) is 13.8. The molecule has 0 aliphatic heterocycles. The summed E-state index contributed by atoms with van der Waals surface area (Å²) < 4.78 is 11.1. The quantitative estimate of drug-likeness (QED) is 0.703. The van der Waals surface area contributed by atoms with Crippen LogP contribution in [0.25, 0.3) is 22.0 Å². The monoisotopic (exact) mass is 324 g/mol. The predicted molar refractivity (Wildman–Crippen MR) is 93.8 cm³/mol. The molecule has 0 spiro atoms. The molecule has 124 valence electrons. The first-order chi connectivity index (χ1) is 11.7. The highest BCUT2D eigenvalue weighted by Gasteiger charge is 2.17. The minimum Gasteiger partial charge on any atom is -0.346 e. The van der Waals surface area contributed by atoms with Crippen molar-refractivity contribution in [2.45, 2.75) is 20.1 Å². The number of nitrogens with one attached hydrogen (secondary N) is 1. The van der Waals surface area contributed by atoms with E-state index >= 15 is 0 Å². The first kappa shape index (κ1) is 16.4. The number of aromatic amines is 1. The van der Waals surface area contributed by atoms with E-state index in [1.54, 1.807) is 0 Å². The van der Waals surface area contributed by atoms with Crippen LogP contribution in [0, 0.1) is 0 Å². The number of hydrogen-bond acceptors (Lipinski definition) is 4. The summed E-state index contributed by atoms with van der Waals surface area (Å²) >= 11 is 0. The van der Waals surface area contributed by atoms with Crippen molar-refractivity contribution in [3.05, 3.63) is 64.7 Å². The van der Waals surface area contributed by atoms with Crippen LogP contribution in [0.1, 0.15) is 26.0 Å². The maximum atomic E-state index is 12.7. The lowest BCUT2D eigenvalue weighted by atomic mass is 10.0. The molecule has 1 heterocycles. The normalized spacial score (nSPS) is 11.3. The van der Waals surface area contributed by atoms with Gasteiger partial charge in [-0.05, 0) is 31.0 Å².